The number of nitro groups is 2. The molecule has 0 aliphatic rings. The molecule has 0 aliphatic carbocycles. The van der Waals surface area contributed by atoms with Crippen LogP contribution in [0.1, 0.15) is 5.56 Å². The Labute approximate surface area is 410 Å². The Bertz CT molecular complexity index is 3730. The zero-order chi connectivity index (χ0) is 50.3. The van der Waals surface area contributed by atoms with E-state index in [-0.39, 0.29) is 56.5 Å². The summed E-state index contributed by atoms with van der Waals surface area (Å²) in [6.45, 7) is 0. The van der Waals surface area contributed by atoms with Gasteiger partial charge in [0.15, 0.2) is 0 Å². The molecular formula is C45H28CrN9O14S2. The Morgan fingerprint density at radius 2 is 1.08 bits per heavy atom. The third-order valence-electron chi connectivity index (χ3n) is 9.66. The number of nitrogens with zero attached hydrogens (tertiary/aromatic N) is 9. The first kappa shape index (κ1) is 51.5. The number of fused-ring (bicyclic) bond motifs is 2. The van der Waals surface area contributed by atoms with Gasteiger partial charge in [-0.05, 0) is 71.6 Å². The first-order valence-corrected chi connectivity index (χ1v) is 22.4. The van der Waals surface area contributed by atoms with Gasteiger partial charge in [0.1, 0.15) is 37.9 Å². The van der Waals surface area contributed by atoms with Crippen molar-refractivity contribution < 1.29 is 73.6 Å². The maximum atomic E-state index is 12.3. The Hall–Kier alpha value is -8.90. The summed E-state index contributed by atoms with van der Waals surface area (Å²) in [6.07, 6.45) is 0.912. The van der Waals surface area contributed by atoms with Gasteiger partial charge in [0, 0.05) is 52.7 Å². The zero-order valence-corrected chi connectivity index (χ0v) is 38.4. The summed E-state index contributed by atoms with van der Waals surface area (Å²) in [5.41, 5.74) is -0.0614. The van der Waals surface area contributed by atoms with E-state index in [4.69, 9.17) is 0 Å². The second-order valence-electron chi connectivity index (χ2n) is 14.3. The van der Waals surface area contributed by atoms with Crippen molar-refractivity contribution in [2.24, 2.45) is 35.7 Å². The van der Waals surface area contributed by atoms with Crippen molar-refractivity contribution in [1.29, 1.82) is 0 Å². The molecule has 23 nitrogen and oxygen atoms in total. The van der Waals surface area contributed by atoms with Gasteiger partial charge in [-0.3, -0.25) is 29.8 Å². The summed E-state index contributed by atoms with van der Waals surface area (Å²) in [7, 11) is -10.1. The molecule has 0 atom stereocenters. The number of phenols is 2. The Balaban J connectivity index is 0.000000235. The first-order chi connectivity index (χ1) is 33.3. The maximum Gasteiger partial charge on any atom is 3.00 e. The van der Waals surface area contributed by atoms with E-state index in [1.165, 1.54) is 30.3 Å². The van der Waals surface area contributed by atoms with Crippen LogP contribution in [-0.4, -0.2) is 52.2 Å². The minimum Gasteiger partial charge on any atom is -0.872 e. The maximum absolute atomic E-state index is 12.3. The Kier molecular flexibility index (Phi) is 15.7. The number of aromatic hydroxyl groups is 2. The molecule has 8 rings (SSSR count). The predicted molar refractivity (Wildman–Crippen MR) is 247 cm³/mol. The summed E-state index contributed by atoms with van der Waals surface area (Å²) in [6, 6.07) is 35.0. The van der Waals surface area contributed by atoms with E-state index >= 15 is 0 Å². The molecule has 0 spiro atoms. The Morgan fingerprint density at radius 1 is 0.521 bits per heavy atom. The molecule has 0 unspecified atom stereocenters. The third-order valence-corrected chi connectivity index (χ3v) is 11.4. The fourth-order valence-corrected chi connectivity index (χ4v) is 7.65. The topological polar surface area (TPSA) is 371 Å². The van der Waals surface area contributed by atoms with Crippen LogP contribution >= 0.6 is 0 Å². The fourth-order valence-electron chi connectivity index (χ4n) is 6.34. The third kappa shape index (κ3) is 12.4. The van der Waals surface area contributed by atoms with Crippen LogP contribution in [0.15, 0.2) is 191 Å². The van der Waals surface area contributed by atoms with Crippen LogP contribution in [0, 0.1) is 20.2 Å². The predicted octanol–water partition coefficient (Wildman–Crippen LogP) is 10.2. The van der Waals surface area contributed by atoms with E-state index in [1.54, 1.807) is 54.6 Å². The van der Waals surface area contributed by atoms with Gasteiger partial charge in [0.05, 0.1) is 43.2 Å². The molecule has 3 N–H and O–H groups in total. The summed E-state index contributed by atoms with van der Waals surface area (Å²) in [4.78, 5) is 22.2. The number of phenolic OH excluding ortho intramolecular Hbond substituents is 2. The van der Waals surface area contributed by atoms with Gasteiger partial charge in [-0.15, -0.1) is 10.2 Å². The molecule has 0 saturated heterocycles. The van der Waals surface area contributed by atoms with Gasteiger partial charge in [0.2, 0.25) is 0 Å². The average Bonchev–Trinajstić information content (AvgIpc) is 3.33. The van der Waals surface area contributed by atoms with Crippen molar-refractivity contribution in [3.8, 4) is 23.0 Å². The van der Waals surface area contributed by atoms with Crippen LogP contribution < -0.4 is 10.2 Å². The van der Waals surface area contributed by atoms with Gasteiger partial charge in [-0.25, -0.2) is 8.42 Å². The van der Waals surface area contributed by atoms with Gasteiger partial charge >= 0.3 is 17.4 Å². The van der Waals surface area contributed by atoms with Crippen molar-refractivity contribution in [3.63, 3.8) is 0 Å². The van der Waals surface area contributed by atoms with Crippen molar-refractivity contribution in [2.75, 3.05) is 0 Å². The molecular weight excluding hydrogens is 1010 g/mol. The number of hydrogen-bond donors (Lipinski definition) is 3. The van der Waals surface area contributed by atoms with Gasteiger partial charge < -0.3 is 25.0 Å². The largest absolute Gasteiger partial charge is 3.00 e. The molecule has 0 bridgehead atoms. The van der Waals surface area contributed by atoms with Gasteiger partial charge in [0.25, 0.3) is 21.5 Å². The zero-order valence-electron chi connectivity index (χ0n) is 35.5. The van der Waals surface area contributed by atoms with Crippen molar-refractivity contribution in [2.45, 2.75) is 9.79 Å². The van der Waals surface area contributed by atoms with E-state index < -0.39 is 74.2 Å². The number of aliphatic imine (C=N–C) groups is 1. The number of benzene rings is 8. The fraction of sp³-hybridized carbons (Fsp3) is 0. The number of non-ortho nitro benzene ring substituents is 2. The molecule has 0 heterocycles. The second-order valence-corrected chi connectivity index (χ2v) is 17.0. The normalized spacial score (nSPS) is 11.9. The summed E-state index contributed by atoms with van der Waals surface area (Å²) >= 11 is 0. The standard InChI is InChI=1S/C25H18N6O7S.C20H13N3O7S.Cr/c32-23-11-10-20(30-29-19-8-6-18(7-9-19)28-27-17-4-2-1-3-5-17)12-16(23)15-26-22-13-21(31(34)35)14-24(25(22)33)39(36,37)38;24-16-8-5-11-3-1-2-4-13(11)19(16)21-22-20-14-7-6-12(23(26)27)9-15(14)18(10-17(20)25)31(28,29)30;/h1-15,32-33H,(H,36,37,38);1-10,24-25H,(H,28,29,30);/q;;+3/p-3. The quantitative estimate of drug-likeness (QED) is 0.0337. The number of azo groups is 3. The SMILES string of the molecule is O=[N+]([O-])c1cc(N=Cc2cc(N=Nc3ccc(N=Nc4ccccc4)cc3)ccc2[O-])c([O-])c(S(=O)(=O)[O-])c1.O=[N+]([O-])c1ccc2c(N=Nc3c(O)ccc4ccccc34)c(O)cc(S(=O)(=O)O)c2c1.[Cr+3]. The molecule has 26 heteroatoms. The van der Waals surface area contributed by atoms with Gasteiger partial charge in [-0.2, -0.15) is 28.9 Å². The smallest absolute Gasteiger partial charge is 0.872 e. The molecule has 0 aromatic heterocycles. The molecule has 0 saturated carbocycles. The molecule has 8 aromatic rings. The van der Waals surface area contributed by atoms with E-state index in [1.807, 2.05) is 30.3 Å². The van der Waals surface area contributed by atoms with Crippen LogP contribution in [0.25, 0.3) is 21.5 Å². The number of hydrogen-bond acceptors (Lipinski definition) is 20. The molecule has 8 aromatic carbocycles. The summed E-state index contributed by atoms with van der Waals surface area (Å²) in [5, 5.41) is 92.9. The van der Waals surface area contributed by atoms with E-state index in [2.05, 4.69) is 35.7 Å². The Morgan fingerprint density at radius 3 is 1.69 bits per heavy atom. The molecule has 0 aliphatic heterocycles. The summed E-state index contributed by atoms with van der Waals surface area (Å²) < 4.78 is 67.0. The monoisotopic (exact) mass is 1030 g/mol. The minimum absolute atomic E-state index is 0. The molecule has 0 fully saturated rings. The minimum atomic E-state index is -5.30. The number of rotatable bonds is 12. The molecule has 355 valence electrons. The van der Waals surface area contributed by atoms with Crippen LogP contribution in [0.2, 0.25) is 0 Å². The average molecular weight is 1030 g/mol. The number of nitro benzene ring substituents is 2. The first-order valence-electron chi connectivity index (χ1n) is 19.6. The van der Waals surface area contributed by atoms with E-state index in [0.29, 0.717) is 34.6 Å². The van der Waals surface area contributed by atoms with Crippen molar-refractivity contribution in [1.82, 2.24) is 0 Å². The van der Waals surface area contributed by atoms with Crippen LogP contribution in [0.4, 0.5) is 51.2 Å². The summed E-state index contributed by atoms with van der Waals surface area (Å²) in [5.74, 6) is -2.66. The van der Waals surface area contributed by atoms with Crippen molar-refractivity contribution in [3.05, 3.63) is 171 Å². The second kappa shape index (κ2) is 21.6. The van der Waals surface area contributed by atoms with Gasteiger partial charge in [-0.1, -0.05) is 66.1 Å². The van der Waals surface area contributed by atoms with E-state index in [0.717, 1.165) is 29.8 Å². The molecule has 1 radical (unpaired) electrons. The van der Waals surface area contributed by atoms with Crippen LogP contribution in [0.3, 0.4) is 0 Å². The van der Waals surface area contributed by atoms with Crippen molar-refractivity contribution >= 4 is 99.2 Å². The molecule has 0 amide bonds. The molecule has 71 heavy (non-hydrogen) atoms. The van der Waals surface area contributed by atoms with Crippen LogP contribution in [0.5, 0.6) is 23.0 Å². The van der Waals surface area contributed by atoms with E-state index in [9.17, 15) is 66.6 Å². The van der Waals surface area contributed by atoms with Crippen LogP contribution in [-0.2, 0) is 37.6 Å².